The number of nitrogens with one attached hydrogen (secondary N) is 1. The molecule has 4 nitrogen and oxygen atoms in total. The standard InChI is InChI=1S/C8H7N3O/c1-5-4-6-8(11-10-5)7(12)2-3-9-6/h2-4H,1H3,(H,9,12). The summed E-state index contributed by atoms with van der Waals surface area (Å²) in [5.41, 5.74) is 1.82. The van der Waals surface area contributed by atoms with E-state index in [1.165, 1.54) is 6.07 Å². The van der Waals surface area contributed by atoms with Crippen molar-refractivity contribution in [1.29, 1.82) is 0 Å². The van der Waals surface area contributed by atoms with Crippen molar-refractivity contribution in [3.8, 4) is 0 Å². The van der Waals surface area contributed by atoms with Crippen LogP contribution in [0.15, 0.2) is 23.1 Å². The lowest BCUT2D eigenvalue weighted by Gasteiger charge is -1.94. The fraction of sp³-hybridized carbons (Fsp3) is 0.125. The molecule has 0 bridgehead atoms. The van der Waals surface area contributed by atoms with Crippen LogP contribution in [-0.2, 0) is 0 Å². The summed E-state index contributed by atoms with van der Waals surface area (Å²) in [6.07, 6.45) is 1.60. The molecule has 4 heteroatoms. The number of rotatable bonds is 0. The Hall–Kier alpha value is -1.71. The van der Waals surface area contributed by atoms with Gasteiger partial charge in [-0.3, -0.25) is 4.79 Å². The molecule has 0 aliphatic carbocycles. The molecule has 0 saturated heterocycles. The highest BCUT2D eigenvalue weighted by atomic mass is 16.1. The predicted octanol–water partition coefficient (Wildman–Crippen LogP) is 0.627. The fourth-order valence-corrected chi connectivity index (χ4v) is 1.07. The molecular weight excluding hydrogens is 154 g/mol. The summed E-state index contributed by atoms with van der Waals surface area (Å²) in [4.78, 5) is 14.1. The molecule has 0 radical (unpaired) electrons. The Labute approximate surface area is 68.3 Å². The van der Waals surface area contributed by atoms with Gasteiger partial charge in [0.25, 0.3) is 0 Å². The number of H-pyrrole nitrogens is 1. The van der Waals surface area contributed by atoms with Gasteiger partial charge in [-0.05, 0) is 13.0 Å². The Balaban J connectivity index is 2.96. The van der Waals surface area contributed by atoms with Crippen LogP contribution in [0.4, 0.5) is 0 Å². The molecule has 0 fully saturated rings. The van der Waals surface area contributed by atoms with E-state index in [4.69, 9.17) is 0 Å². The van der Waals surface area contributed by atoms with Gasteiger partial charge in [0.2, 0.25) is 5.43 Å². The number of aromatic amines is 1. The zero-order valence-electron chi connectivity index (χ0n) is 6.53. The van der Waals surface area contributed by atoms with E-state index >= 15 is 0 Å². The van der Waals surface area contributed by atoms with Gasteiger partial charge in [0.05, 0.1) is 11.2 Å². The SMILES string of the molecule is Cc1cc2[nH]ccc(=O)c2nn1. The minimum absolute atomic E-state index is 0.101. The number of aromatic nitrogens is 3. The molecule has 1 N–H and O–H groups in total. The smallest absolute Gasteiger partial charge is 0.209 e. The molecule has 0 amide bonds. The average molecular weight is 161 g/mol. The topological polar surface area (TPSA) is 58.6 Å². The van der Waals surface area contributed by atoms with E-state index in [0.29, 0.717) is 5.52 Å². The minimum atomic E-state index is -0.101. The Morgan fingerprint density at radius 2 is 2.25 bits per heavy atom. The summed E-state index contributed by atoms with van der Waals surface area (Å²) in [6.45, 7) is 1.83. The normalized spacial score (nSPS) is 10.4. The second-order valence-corrected chi connectivity index (χ2v) is 2.59. The van der Waals surface area contributed by atoms with Crippen molar-refractivity contribution in [2.45, 2.75) is 6.92 Å². The van der Waals surface area contributed by atoms with Crippen LogP contribution in [0.25, 0.3) is 11.0 Å². The molecule has 0 spiro atoms. The molecule has 0 atom stereocenters. The molecule has 0 saturated carbocycles. The first-order valence-corrected chi connectivity index (χ1v) is 3.59. The van der Waals surface area contributed by atoms with Crippen LogP contribution in [0.1, 0.15) is 5.69 Å². The molecule has 0 aliphatic heterocycles. The van der Waals surface area contributed by atoms with Gasteiger partial charge in [0.1, 0.15) is 0 Å². The molecule has 2 aromatic rings. The Morgan fingerprint density at radius 3 is 3.08 bits per heavy atom. The number of nitrogens with zero attached hydrogens (tertiary/aromatic N) is 2. The maximum absolute atomic E-state index is 11.2. The Kier molecular flexibility index (Phi) is 1.40. The third kappa shape index (κ3) is 0.972. The van der Waals surface area contributed by atoms with Crippen LogP contribution >= 0.6 is 0 Å². The van der Waals surface area contributed by atoms with E-state index in [1.54, 1.807) is 12.3 Å². The van der Waals surface area contributed by atoms with Crippen molar-refractivity contribution in [3.63, 3.8) is 0 Å². The van der Waals surface area contributed by atoms with E-state index in [9.17, 15) is 4.79 Å². The van der Waals surface area contributed by atoms with Gasteiger partial charge in [-0.2, -0.15) is 5.10 Å². The molecule has 0 aliphatic rings. The van der Waals surface area contributed by atoms with Gasteiger partial charge in [-0.15, -0.1) is 5.10 Å². The quantitative estimate of drug-likeness (QED) is 0.616. The third-order valence-electron chi connectivity index (χ3n) is 1.62. The van der Waals surface area contributed by atoms with Crippen molar-refractivity contribution < 1.29 is 0 Å². The van der Waals surface area contributed by atoms with Crippen LogP contribution < -0.4 is 5.43 Å². The van der Waals surface area contributed by atoms with Crippen molar-refractivity contribution in [2.75, 3.05) is 0 Å². The van der Waals surface area contributed by atoms with Gasteiger partial charge in [0, 0.05) is 12.3 Å². The summed E-state index contributed by atoms with van der Waals surface area (Å²) in [6, 6.07) is 3.23. The van der Waals surface area contributed by atoms with Crippen LogP contribution in [-0.4, -0.2) is 15.2 Å². The highest BCUT2D eigenvalue weighted by Gasteiger charge is 1.98. The summed E-state index contributed by atoms with van der Waals surface area (Å²) < 4.78 is 0. The van der Waals surface area contributed by atoms with Crippen LogP contribution in [0, 0.1) is 6.92 Å². The van der Waals surface area contributed by atoms with Gasteiger partial charge < -0.3 is 4.98 Å². The van der Waals surface area contributed by atoms with Crippen LogP contribution in [0.3, 0.4) is 0 Å². The zero-order valence-corrected chi connectivity index (χ0v) is 6.53. The van der Waals surface area contributed by atoms with Crippen molar-refractivity contribution in [1.82, 2.24) is 15.2 Å². The maximum atomic E-state index is 11.2. The second kappa shape index (κ2) is 2.41. The van der Waals surface area contributed by atoms with Gasteiger partial charge in [-0.1, -0.05) is 0 Å². The average Bonchev–Trinajstić information content (AvgIpc) is 2.04. The lowest BCUT2D eigenvalue weighted by Crippen LogP contribution is -2.04. The summed E-state index contributed by atoms with van der Waals surface area (Å²) in [5, 5.41) is 7.58. The molecule has 0 unspecified atom stereocenters. The highest BCUT2D eigenvalue weighted by Crippen LogP contribution is 2.01. The first kappa shape index (κ1) is 6.97. The van der Waals surface area contributed by atoms with Crippen LogP contribution in [0.5, 0.6) is 0 Å². The van der Waals surface area contributed by atoms with E-state index < -0.39 is 0 Å². The van der Waals surface area contributed by atoms with Crippen molar-refractivity contribution in [3.05, 3.63) is 34.2 Å². The minimum Gasteiger partial charge on any atom is -0.360 e. The summed E-state index contributed by atoms with van der Waals surface area (Å²) in [5.74, 6) is 0. The zero-order chi connectivity index (χ0) is 8.55. The fourth-order valence-electron chi connectivity index (χ4n) is 1.07. The number of hydrogen-bond donors (Lipinski definition) is 1. The second-order valence-electron chi connectivity index (χ2n) is 2.59. The van der Waals surface area contributed by atoms with Gasteiger partial charge >= 0.3 is 0 Å². The number of aryl methyl sites for hydroxylation is 1. The van der Waals surface area contributed by atoms with Gasteiger partial charge in [0.15, 0.2) is 5.52 Å². The molecule has 60 valence electrons. The number of fused-ring (bicyclic) bond motifs is 1. The monoisotopic (exact) mass is 161 g/mol. The first-order valence-electron chi connectivity index (χ1n) is 3.59. The third-order valence-corrected chi connectivity index (χ3v) is 1.62. The lowest BCUT2D eigenvalue weighted by molar-refractivity contribution is 1.01. The van der Waals surface area contributed by atoms with Gasteiger partial charge in [-0.25, -0.2) is 0 Å². The molecule has 0 aromatic carbocycles. The van der Waals surface area contributed by atoms with Crippen LogP contribution in [0.2, 0.25) is 0 Å². The maximum Gasteiger partial charge on any atom is 0.209 e. The Morgan fingerprint density at radius 1 is 1.42 bits per heavy atom. The summed E-state index contributed by atoms with van der Waals surface area (Å²) in [7, 11) is 0. The molecule has 2 rings (SSSR count). The van der Waals surface area contributed by atoms with E-state index in [1.807, 2.05) is 6.92 Å². The van der Waals surface area contributed by atoms with E-state index in [0.717, 1.165) is 11.2 Å². The predicted molar refractivity (Wildman–Crippen MR) is 44.9 cm³/mol. The van der Waals surface area contributed by atoms with Crippen molar-refractivity contribution in [2.24, 2.45) is 0 Å². The largest absolute Gasteiger partial charge is 0.360 e. The van der Waals surface area contributed by atoms with Crippen molar-refractivity contribution >= 4 is 11.0 Å². The molecule has 12 heavy (non-hydrogen) atoms. The summed E-state index contributed by atoms with van der Waals surface area (Å²) >= 11 is 0. The Bertz CT molecular complexity index is 475. The number of pyridine rings is 1. The van der Waals surface area contributed by atoms with E-state index in [-0.39, 0.29) is 5.43 Å². The van der Waals surface area contributed by atoms with E-state index in [2.05, 4.69) is 15.2 Å². The first-order chi connectivity index (χ1) is 5.77. The molecule has 2 heterocycles. The molecule has 2 aromatic heterocycles. The number of hydrogen-bond acceptors (Lipinski definition) is 3. The lowest BCUT2D eigenvalue weighted by atomic mass is 10.3. The molecular formula is C8H7N3O. The highest BCUT2D eigenvalue weighted by molar-refractivity contribution is 5.72.